The molecule has 0 bridgehead atoms. The zero-order valence-electron chi connectivity index (χ0n) is 9.04. The van der Waals surface area contributed by atoms with E-state index in [1.165, 1.54) is 10.7 Å². The van der Waals surface area contributed by atoms with Crippen molar-refractivity contribution in [2.75, 3.05) is 0 Å². The van der Waals surface area contributed by atoms with Crippen LogP contribution in [0, 0.1) is 19.7 Å². The third kappa shape index (κ3) is 1.80. The first kappa shape index (κ1) is 11.1. The summed E-state index contributed by atoms with van der Waals surface area (Å²) in [4.78, 5) is 4.15. The van der Waals surface area contributed by atoms with Crippen LogP contribution in [0.3, 0.4) is 0 Å². The minimum atomic E-state index is -0.342. The van der Waals surface area contributed by atoms with Crippen molar-refractivity contribution in [3.8, 4) is 5.69 Å². The quantitative estimate of drug-likeness (QED) is 0.755. The van der Waals surface area contributed by atoms with Crippen LogP contribution in [-0.2, 0) is 5.88 Å². The van der Waals surface area contributed by atoms with Gasteiger partial charge in [0.2, 0.25) is 0 Å². The van der Waals surface area contributed by atoms with Crippen LogP contribution in [0.1, 0.15) is 17.2 Å². The molecule has 84 valence electrons. The Labute approximate surface area is 97.9 Å². The molecular formula is C11H11ClFN3. The van der Waals surface area contributed by atoms with Crippen molar-refractivity contribution in [1.29, 1.82) is 0 Å². The van der Waals surface area contributed by atoms with E-state index >= 15 is 0 Å². The van der Waals surface area contributed by atoms with Gasteiger partial charge in [0.1, 0.15) is 23.2 Å². The summed E-state index contributed by atoms with van der Waals surface area (Å²) in [7, 11) is 0. The predicted octanol–water partition coefficient (Wildman–Crippen LogP) is 2.76. The SMILES string of the molecule is Cc1nc(C)n(-c2c(F)cccc2CCl)n1. The molecule has 2 aromatic rings. The zero-order valence-corrected chi connectivity index (χ0v) is 9.79. The van der Waals surface area contributed by atoms with Gasteiger partial charge in [-0.2, -0.15) is 5.10 Å². The molecule has 3 nitrogen and oxygen atoms in total. The lowest BCUT2D eigenvalue weighted by Crippen LogP contribution is -2.05. The van der Waals surface area contributed by atoms with Gasteiger partial charge in [-0.3, -0.25) is 0 Å². The van der Waals surface area contributed by atoms with Gasteiger partial charge in [0.15, 0.2) is 0 Å². The summed E-state index contributed by atoms with van der Waals surface area (Å²) < 4.78 is 15.3. The molecule has 0 unspecified atom stereocenters. The summed E-state index contributed by atoms with van der Waals surface area (Å²) in [6.45, 7) is 3.55. The van der Waals surface area contributed by atoms with Gasteiger partial charge in [-0.25, -0.2) is 14.1 Å². The maximum absolute atomic E-state index is 13.8. The van der Waals surface area contributed by atoms with Crippen molar-refractivity contribution in [2.45, 2.75) is 19.7 Å². The smallest absolute Gasteiger partial charge is 0.149 e. The Balaban J connectivity index is 2.67. The average molecular weight is 240 g/mol. The highest BCUT2D eigenvalue weighted by Crippen LogP contribution is 2.20. The first-order chi connectivity index (χ1) is 7.63. The van der Waals surface area contributed by atoms with Crippen LogP contribution >= 0.6 is 11.6 Å². The van der Waals surface area contributed by atoms with E-state index in [1.807, 2.05) is 0 Å². The van der Waals surface area contributed by atoms with E-state index in [9.17, 15) is 4.39 Å². The van der Waals surface area contributed by atoms with Gasteiger partial charge in [-0.1, -0.05) is 12.1 Å². The van der Waals surface area contributed by atoms with Gasteiger partial charge < -0.3 is 0 Å². The number of nitrogens with zero attached hydrogens (tertiary/aromatic N) is 3. The highest BCUT2D eigenvalue weighted by molar-refractivity contribution is 6.17. The summed E-state index contributed by atoms with van der Waals surface area (Å²) in [6.07, 6.45) is 0. The molecule has 0 N–H and O–H groups in total. The second kappa shape index (κ2) is 4.22. The molecule has 0 aliphatic carbocycles. The lowest BCUT2D eigenvalue weighted by atomic mass is 10.2. The number of para-hydroxylation sites is 1. The molecule has 0 radical (unpaired) electrons. The summed E-state index contributed by atoms with van der Waals surface area (Å²) in [5, 5.41) is 4.16. The minimum Gasteiger partial charge on any atom is -0.217 e. The Morgan fingerprint density at radius 3 is 2.69 bits per heavy atom. The highest BCUT2D eigenvalue weighted by Gasteiger charge is 2.13. The number of hydrogen-bond donors (Lipinski definition) is 0. The maximum atomic E-state index is 13.8. The van der Waals surface area contributed by atoms with Crippen LogP contribution in [-0.4, -0.2) is 14.8 Å². The lowest BCUT2D eigenvalue weighted by molar-refractivity contribution is 0.605. The normalized spacial score (nSPS) is 10.8. The van der Waals surface area contributed by atoms with E-state index in [2.05, 4.69) is 10.1 Å². The molecule has 1 aromatic carbocycles. The largest absolute Gasteiger partial charge is 0.217 e. The van der Waals surface area contributed by atoms with Crippen molar-refractivity contribution >= 4 is 11.6 Å². The summed E-state index contributed by atoms with van der Waals surface area (Å²) >= 11 is 5.78. The standard InChI is InChI=1S/C11H11ClFN3/c1-7-14-8(2)16(15-7)11-9(6-12)4-3-5-10(11)13/h3-5H,6H2,1-2H3. The van der Waals surface area contributed by atoms with Crippen molar-refractivity contribution < 1.29 is 4.39 Å². The summed E-state index contributed by atoms with van der Waals surface area (Å²) in [5.41, 5.74) is 1.09. The number of aromatic nitrogens is 3. The summed E-state index contributed by atoms with van der Waals surface area (Å²) in [6, 6.07) is 4.80. The Kier molecular flexibility index (Phi) is 2.92. The number of aryl methyl sites for hydroxylation is 2. The molecule has 0 saturated heterocycles. The molecule has 1 aromatic heterocycles. The van der Waals surface area contributed by atoms with Crippen molar-refractivity contribution in [3.05, 3.63) is 41.2 Å². The number of rotatable bonds is 2. The van der Waals surface area contributed by atoms with Crippen LogP contribution in [0.4, 0.5) is 4.39 Å². The Morgan fingerprint density at radius 2 is 2.12 bits per heavy atom. The van der Waals surface area contributed by atoms with E-state index in [0.717, 1.165) is 0 Å². The minimum absolute atomic E-state index is 0.242. The first-order valence-corrected chi connectivity index (χ1v) is 5.41. The zero-order chi connectivity index (χ0) is 11.7. The first-order valence-electron chi connectivity index (χ1n) is 4.87. The molecular weight excluding hydrogens is 229 g/mol. The van der Waals surface area contributed by atoms with Crippen LogP contribution in [0.15, 0.2) is 18.2 Å². The van der Waals surface area contributed by atoms with E-state index in [4.69, 9.17) is 11.6 Å². The van der Waals surface area contributed by atoms with Gasteiger partial charge in [0.25, 0.3) is 0 Å². The fourth-order valence-corrected chi connectivity index (χ4v) is 1.85. The second-order valence-corrected chi connectivity index (χ2v) is 3.77. The predicted molar refractivity (Wildman–Crippen MR) is 60.3 cm³/mol. The molecule has 0 fully saturated rings. The van der Waals surface area contributed by atoms with Crippen LogP contribution < -0.4 is 0 Å². The topological polar surface area (TPSA) is 30.7 Å². The molecule has 5 heteroatoms. The third-order valence-electron chi connectivity index (χ3n) is 2.30. The molecule has 0 saturated carbocycles. The summed E-state index contributed by atoms with van der Waals surface area (Å²) in [5.74, 6) is 1.16. The van der Waals surface area contributed by atoms with E-state index in [0.29, 0.717) is 22.9 Å². The second-order valence-electron chi connectivity index (χ2n) is 3.50. The Bertz CT molecular complexity index is 522. The maximum Gasteiger partial charge on any atom is 0.149 e. The molecule has 0 aliphatic heterocycles. The lowest BCUT2D eigenvalue weighted by Gasteiger charge is -2.09. The van der Waals surface area contributed by atoms with Crippen molar-refractivity contribution in [3.63, 3.8) is 0 Å². The molecule has 0 atom stereocenters. The van der Waals surface area contributed by atoms with Gasteiger partial charge in [0, 0.05) is 5.88 Å². The number of halogens is 2. The Hall–Kier alpha value is -1.42. The monoisotopic (exact) mass is 239 g/mol. The molecule has 0 aliphatic rings. The Morgan fingerprint density at radius 1 is 1.38 bits per heavy atom. The van der Waals surface area contributed by atoms with E-state index in [-0.39, 0.29) is 11.7 Å². The number of benzene rings is 1. The molecule has 2 rings (SSSR count). The van der Waals surface area contributed by atoms with Gasteiger partial charge in [-0.05, 0) is 25.5 Å². The molecule has 1 heterocycles. The third-order valence-corrected chi connectivity index (χ3v) is 2.59. The molecule has 0 spiro atoms. The fourth-order valence-electron chi connectivity index (χ4n) is 1.64. The number of hydrogen-bond acceptors (Lipinski definition) is 2. The molecule has 0 amide bonds. The fraction of sp³-hybridized carbons (Fsp3) is 0.273. The average Bonchev–Trinajstić information content (AvgIpc) is 2.57. The van der Waals surface area contributed by atoms with Gasteiger partial charge >= 0.3 is 0 Å². The van der Waals surface area contributed by atoms with E-state index in [1.54, 1.807) is 26.0 Å². The van der Waals surface area contributed by atoms with Crippen LogP contribution in [0.5, 0.6) is 0 Å². The number of alkyl halides is 1. The van der Waals surface area contributed by atoms with Crippen molar-refractivity contribution in [1.82, 2.24) is 14.8 Å². The van der Waals surface area contributed by atoms with Gasteiger partial charge in [-0.15, -0.1) is 11.6 Å². The highest BCUT2D eigenvalue weighted by atomic mass is 35.5. The molecule has 16 heavy (non-hydrogen) atoms. The van der Waals surface area contributed by atoms with Crippen LogP contribution in [0.25, 0.3) is 5.69 Å². The van der Waals surface area contributed by atoms with E-state index < -0.39 is 0 Å². The van der Waals surface area contributed by atoms with Gasteiger partial charge in [0.05, 0.1) is 0 Å². The van der Waals surface area contributed by atoms with Crippen LogP contribution in [0.2, 0.25) is 0 Å². The van der Waals surface area contributed by atoms with Crippen molar-refractivity contribution in [2.24, 2.45) is 0 Å².